The van der Waals surface area contributed by atoms with Crippen molar-refractivity contribution in [1.29, 1.82) is 0 Å². The lowest BCUT2D eigenvalue weighted by molar-refractivity contribution is -0.123. The average molecular weight is 239 g/mol. The van der Waals surface area contributed by atoms with Gasteiger partial charge < -0.3 is 11.1 Å². The number of amides is 1. The van der Waals surface area contributed by atoms with Crippen LogP contribution in [0.4, 0.5) is 0 Å². The molecule has 3 N–H and O–H groups in total. The number of hydrogen-bond acceptors (Lipinski definition) is 4. The number of nitrogens with zero attached hydrogens (tertiary/aromatic N) is 1. The van der Waals surface area contributed by atoms with E-state index in [1.807, 2.05) is 24.4 Å². The number of carbonyl (C=O) groups excluding carboxylic acids is 1. The fourth-order valence-electron chi connectivity index (χ4n) is 1.84. The van der Waals surface area contributed by atoms with E-state index in [1.54, 1.807) is 11.3 Å². The summed E-state index contributed by atoms with van der Waals surface area (Å²) in [7, 11) is 0. The molecular formula is C11H17N3OS. The lowest BCUT2D eigenvalue weighted by Gasteiger charge is -2.36. The van der Waals surface area contributed by atoms with E-state index in [1.165, 1.54) is 4.88 Å². The van der Waals surface area contributed by atoms with Gasteiger partial charge in [-0.1, -0.05) is 6.07 Å². The average Bonchev–Trinajstić information content (AvgIpc) is 2.67. The van der Waals surface area contributed by atoms with Crippen LogP contribution in [0.15, 0.2) is 17.5 Å². The van der Waals surface area contributed by atoms with Crippen LogP contribution in [0.1, 0.15) is 17.8 Å². The number of thiophene rings is 1. The Bertz CT molecular complexity index is 346. The highest BCUT2D eigenvalue weighted by Crippen LogP contribution is 2.18. The number of nitrogens with two attached hydrogens (primary N) is 1. The van der Waals surface area contributed by atoms with Gasteiger partial charge in [0.15, 0.2) is 0 Å². The zero-order valence-corrected chi connectivity index (χ0v) is 10.2. The fourth-order valence-corrected chi connectivity index (χ4v) is 2.57. The van der Waals surface area contributed by atoms with Crippen LogP contribution < -0.4 is 11.1 Å². The Morgan fingerprint density at radius 3 is 3.06 bits per heavy atom. The van der Waals surface area contributed by atoms with Crippen molar-refractivity contribution in [3.8, 4) is 0 Å². The van der Waals surface area contributed by atoms with Crippen LogP contribution in [-0.4, -0.2) is 36.5 Å². The van der Waals surface area contributed by atoms with E-state index in [2.05, 4.69) is 10.2 Å². The van der Waals surface area contributed by atoms with E-state index in [0.717, 1.165) is 13.1 Å². The Labute approximate surface area is 99.4 Å². The molecule has 1 saturated heterocycles. The van der Waals surface area contributed by atoms with Crippen LogP contribution in [0.25, 0.3) is 0 Å². The number of carbonyl (C=O) groups is 1. The Morgan fingerprint density at radius 1 is 1.75 bits per heavy atom. The van der Waals surface area contributed by atoms with Crippen LogP contribution in [0.3, 0.4) is 0 Å². The summed E-state index contributed by atoms with van der Waals surface area (Å²) in [5.74, 6) is 0.0767. The summed E-state index contributed by atoms with van der Waals surface area (Å²) in [5, 5.41) is 5.01. The molecule has 1 amide bonds. The first kappa shape index (κ1) is 11.6. The molecule has 0 spiro atoms. The van der Waals surface area contributed by atoms with Gasteiger partial charge in [0.25, 0.3) is 0 Å². The van der Waals surface area contributed by atoms with Crippen molar-refractivity contribution in [2.45, 2.75) is 19.0 Å². The third-order valence-electron chi connectivity index (χ3n) is 2.70. The summed E-state index contributed by atoms with van der Waals surface area (Å²) < 4.78 is 0. The van der Waals surface area contributed by atoms with Crippen molar-refractivity contribution < 1.29 is 4.79 Å². The molecule has 16 heavy (non-hydrogen) atoms. The zero-order valence-electron chi connectivity index (χ0n) is 9.35. The summed E-state index contributed by atoms with van der Waals surface area (Å²) in [6, 6.07) is 4.39. The quantitative estimate of drug-likeness (QED) is 0.807. The molecule has 1 aromatic heterocycles. The Kier molecular flexibility index (Phi) is 3.58. The first-order valence-electron chi connectivity index (χ1n) is 5.46. The Morgan fingerprint density at radius 2 is 2.50 bits per heavy atom. The van der Waals surface area contributed by atoms with Crippen molar-refractivity contribution in [2.75, 3.05) is 19.6 Å². The highest BCUT2D eigenvalue weighted by Gasteiger charge is 2.25. The van der Waals surface area contributed by atoms with Gasteiger partial charge in [-0.25, -0.2) is 0 Å². The molecule has 1 unspecified atom stereocenters. The Balaban J connectivity index is 1.75. The first-order valence-corrected chi connectivity index (χ1v) is 6.34. The summed E-state index contributed by atoms with van der Waals surface area (Å²) in [6.07, 6.45) is 0. The Hall–Kier alpha value is -0.910. The summed E-state index contributed by atoms with van der Waals surface area (Å²) >= 11 is 1.66. The van der Waals surface area contributed by atoms with E-state index in [9.17, 15) is 4.79 Å². The zero-order chi connectivity index (χ0) is 11.5. The first-order chi connectivity index (χ1) is 7.65. The maximum Gasteiger partial charge on any atom is 0.234 e. The molecule has 1 aliphatic rings. The van der Waals surface area contributed by atoms with Gasteiger partial charge in [-0.3, -0.25) is 9.69 Å². The fraction of sp³-hybridized carbons (Fsp3) is 0.545. The highest BCUT2D eigenvalue weighted by atomic mass is 32.1. The molecule has 1 fully saturated rings. The molecule has 5 heteroatoms. The molecule has 1 atom stereocenters. The maximum atomic E-state index is 11.7. The van der Waals surface area contributed by atoms with Crippen LogP contribution in [0.2, 0.25) is 0 Å². The normalized spacial score (nSPS) is 19.1. The molecule has 1 aliphatic heterocycles. The van der Waals surface area contributed by atoms with E-state index in [4.69, 9.17) is 5.73 Å². The molecule has 1 aromatic rings. The highest BCUT2D eigenvalue weighted by molar-refractivity contribution is 7.10. The van der Waals surface area contributed by atoms with Gasteiger partial charge in [0.2, 0.25) is 5.91 Å². The van der Waals surface area contributed by atoms with Gasteiger partial charge in [-0.05, 0) is 18.4 Å². The van der Waals surface area contributed by atoms with E-state index >= 15 is 0 Å². The second kappa shape index (κ2) is 4.95. The van der Waals surface area contributed by atoms with Gasteiger partial charge in [-0.2, -0.15) is 0 Å². The number of rotatable bonds is 4. The number of hydrogen-bond donors (Lipinski definition) is 2. The molecule has 0 aliphatic carbocycles. The molecule has 0 saturated carbocycles. The van der Waals surface area contributed by atoms with E-state index in [-0.39, 0.29) is 18.0 Å². The lowest BCUT2D eigenvalue weighted by atomic mass is 10.1. The van der Waals surface area contributed by atoms with Crippen LogP contribution >= 0.6 is 11.3 Å². The molecule has 4 nitrogen and oxygen atoms in total. The second-order valence-corrected chi connectivity index (χ2v) is 5.24. The minimum Gasteiger partial charge on any atom is -0.348 e. The molecule has 0 radical (unpaired) electrons. The van der Waals surface area contributed by atoms with Gasteiger partial charge in [0.05, 0.1) is 12.6 Å². The molecular weight excluding hydrogens is 222 g/mol. The maximum absolute atomic E-state index is 11.7. The monoisotopic (exact) mass is 239 g/mol. The van der Waals surface area contributed by atoms with Crippen molar-refractivity contribution in [2.24, 2.45) is 5.73 Å². The molecule has 88 valence electrons. The molecule has 0 bridgehead atoms. The molecule has 0 aromatic carbocycles. The predicted octanol–water partition coefficient (Wildman–Crippen LogP) is 0.568. The van der Waals surface area contributed by atoms with Crippen molar-refractivity contribution in [3.63, 3.8) is 0 Å². The van der Waals surface area contributed by atoms with Crippen LogP contribution in [0.5, 0.6) is 0 Å². The third-order valence-corrected chi connectivity index (χ3v) is 3.76. The van der Waals surface area contributed by atoms with Crippen LogP contribution in [-0.2, 0) is 4.79 Å². The van der Waals surface area contributed by atoms with Gasteiger partial charge >= 0.3 is 0 Å². The smallest absolute Gasteiger partial charge is 0.234 e. The van der Waals surface area contributed by atoms with Crippen molar-refractivity contribution in [3.05, 3.63) is 22.4 Å². The number of likely N-dealkylation sites (tertiary alicyclic amines) is 1. The van der Waals surface area contributed by atoms with Crippen LogP contribution in [0, 0.1) is 0 Å². The van der Waals surface area contributed by atoms with Gasteiger partial charge in [0.1, 0.15) is 0 Å². The summed E-state index contributed by atoms with van der Waals surface area (Å²) in [5.41, 5.74) is 5.65. The minimum atomic E-state index is 0.0767. The minimum absolute atomic E-state index is 0.0767. The third kappa shape index (κ3) is 2.81. The van der Waals surface area contributed by atoms with Gasteiger partial charge in [0, 0.05) is 24.0 Å². The SMILES string of the molecule is CC(NC(=O)CN1CC(N)C1)c1cccs1. The molecule has 2 heterocycles. The van der Waals surface area contributed by atoms with Crippen molar-refractivity contribution >= 4 is 17.2 Å². The van der Waals surface area contributed by atoms with Gasteiger partial charge in [-0.15, -0.1) is 11.3 Å². The lowest BCUT2D eigenvalue weighted by Crippen LogP contribution is -2.58. The second-order valence-electron chi connectivity index (χ2n) is 4.26. The van der Waals surface area contributed by atoms with E-state index in [0.29, 0.717) is 6.54 Å². The molecule has 2 rings (SSSR count). The largest absolute Gasteiger partial charge is 0.348 e. The number of nitrogens with one attached hydrogen (secondary N) is 1. The topological polar surface area (TPSA) is 58.4 Å². The van der Waals surface area contributed by atoms with E-state index < -0.39 is 0 Å². The standard InChI is InChI=1S/C11H17N3OS/c1-8(10-3-2-4-16-10)13-11(15)7-14-5-9(12)6-14/h2-4,8-9H,5-7,12H2,1H3,(H,13,15). The predicted molar refractivity (Wildman–Crippen MR) is 65.3 cm³/mol. The summed E-state index contributed by atoms with van der Waals surface area (Å²) in [6.45, 7) is 4.14. The summed E-state index contributed by atoms with van der Waals surface area (Å²) in [4.78, 5) is 14.9. The van der Waals surface area contributed by atoms with Crippen molar-refractivity contribution in [1.82, 2.24) is 10.2 Å².